The van der Waals surface area contributed by atoms with E-state index in [0.29, 0.717) is 25.7 Å². The third kappa shape index (κ3) is 5.86. The van der Waals surface area contributed by atoms with Gasteiger partial charge in [-0.15, -0.1) is 5.10 Å². The summed E-state index contributed by atoms with van der Waals surface area (Å²) in [6, 6.07) is 3.81. The molecule has 184 valence electrons. The monoisotopic (exact) mass is 491 g/mol. The Hall–Kier alpha value is -4.16. The molecule has 0 spiro atoms. The molecule has 0 radical (unpaired) electrons. The van der Waals surface area contributed by atoms with Crippen molar-refractivity contribution in [2.24, 2.45) is 5.92 Å². The molecule has 0 unspecified atom stereocenters. The molecule has 0 saturated heterocycles. The molecule has 4 rings (SSSR count). The second-order valence-corrected chi connectivity index (χ2v) is 7.75. The van der Waals surface area contributed by atoms with Gasteiger partial charge >= 0.3 is 23.8 Å². The molecular weight excluding hydrogens is 471 g/mol. The smallest absolute Gasteiger partial charge is 0.320 e. The van der Waals surface area contributed by atoms with Crippen LogP contribution in [-0.2, 0) is 9.53 Å². The summed E-state index contributed by atoms with van der Waals surface area (Å²) in [6.07, 6.45) is 3.16. The van der Waals surface area contributed by atoms with Crippen LogP contribution in [0.5, 0.6) is 5.88 Å². The van der Waals surface area contributed by atoms with Gasteiger partial charge in [0.05, 0.1) is 24.9 Å². The maximum Gasteiger partial charge on any atom is 0.320 e. The van der Waals surface area contributed by atoms with Crippen molar-refractivity contribution in [1.82, 2.24) is 15.2 Å². The van der Waals surface area contributed by atoms with Crippen LogP contribution < -0.4 is 15.4 Å². The van der Waals surface area contributed by atoms with E-state index in [0.717, 1.165) is 18.2 Å². The van der Waals surface area contributed by atoms with Gasteiger partial charge in [-0.25, -0.2) is 18.2 Å². The molecular formula is C22H20F3N5O5. The molecule has 2 N–H and O–H groups in total. The molecule has 13 heteroatoms. The van der Waals surface area contributed by atoms with Gasteiger partial charge in [0.1, 0.15) is 6.10 Å². The summed E-state index contributed by atoms with van der Waals surface area (Å²) in [5.74, 6) is -4.86. The predicted molar refractivity (Wildman–Crippen MR) is 114 cm³/mol. The minimum Gasteiger partial charge on any atom is -0.472 e. The Morgan fingerprint density at radius 3 is 2.43 bits per heavy atom. The number of hydrogen-bond acceptors (Lipinski definition) is 9. The normalized spacial score (nSPS) is 17.5. The molecule has 3 aromatic rings. The van der Waals surface area contributed by atoms with Crippen molar-refractivity contribution in [3.63, 3.8) is 0 Å². The topological polar surface area (TPSA) is 128 Å². The summed E-state index contributed by atoms with van der Waals surface area (Å²) < 4.78 is 56.3. The first-order valence-electron chi connectivity index (χ1n) is 10.6. The van der Waals surface area contributed by atoms with E-state index in [2.05, 4.69) is 25.8 Å². The molecule has 1 aromatic carbocycles. The van der Waals surface area contributed by atoms with E-state index in [1.165, 1.54) is 19.4 Å². The van der Waals surface area contributed by atoms with Crippen LogP contribution in [0.2, 0.25) is 0 Å². The fourth-order valence-corrected chi connectivity index (χ4v) is 3.57. The van der Waals surface area contributed by atoms with Crippen LogP contribution in [0.15, 0.2) is 34.9 Å². The van der Waals surface area contributed by atoms with Crippen LogP contribution >= 0.6 is 0 Å². The van der Waals surface area contributed by atoms with Gasteiger partial charge in [-0.1, -0.05) is 5.10 Å². The molecule has 35 heavy (non-hydrogen) atoms. The van der Waals surface area contributed by atoms with Crippen molar-refractivity contribution in [1.29, 1.82) is 0 Å². The first-order valence-corrected chi connectivity index (χ1v) is 10.6. The Labute approximate surface area is 196 Å². The Balaban J connectivity index is 1.33. The number of carbonyl (C=O) groups excluding carboxylic acids is 2. The van der Waals surface area contributed by atoms with E-state index in [4.69, 9.17) is 13.9 Å². The van der Waals surface area contributed by atoms with Gasteiger partial charge in [0.25, 0.3) is 5.88 Å². The zero-order valence-electron chi connectivity index (χ0n) is 18.4. The van der Waals surface area contributed by atoms with Crippen LogP contribution in [0.1, 0.15) is 36.4 Å². The Kier molecular flexibility index (Phi) is 7.13. The number of anilines is 3. The summed E-state index contributed by atoms with van der Waals surface area (Å²) in [4.78, 5) is 27.9. The third-order valence-electron chi connectivity index (χ3n) is 5.34. The number of ether oxygens (including phenoxy) is 2. The van der Waals surface area contributed by atoms with Gasteiger partial charge < -0.3 is 24.5 Å². The van der Waals surface area contributed by atoms with Crippen LogP contribution in [0.3, 0.4) is 0 Å². The number of halogens is 3. The van der Waals surface area contributed by atoms with Gasteiger partial charge in [0.2, 0.25) is 0 Å². The zero-order chi connectivity index (χ0) is 24.9. The predicted octanol–water partition coefficient (Wildman–Crippen LogP) is 3.99. The maximum absolute atomic E-state index is 14.5. The Bertz CT molecular complexity index is 1230. The van der Waals surface area contributed by atoms with Gasteiger partial charge in [-0.05, 0) is 37.8 Å². The highest BCUT2D eigenvalue weighted by molar-refractivity contribution is 6.00. The largest absolute Gasteiger partial charge is 0.472 e. The fourth-order valence-electron chi connectivity index (χ4n) is 3.57. The Morgan fingerprint density at radius 1 is 1.00 bits per heavy atom. The number of carbonyl (C=O) groups is 2. The lowest BCUT2D eigenvalue weighted by molar-refractivity contribution is -0.147. The molecule has 0 aliphatic heterocycles. The lowest BCUT2D eigenvalue weighted by Gasteiger charge is -2.27. The number of nitrogens with one attached hydrogen (secondary N) is 2. The minimum absolute atomic E-state index is 0.0163. The number of hydrogen-bond donors (Lipinski definition) is 2. The average molecular weight is 491 g/mol. The highest BCUT2D eigenvalue weighted by atomic mass is 19.2. The number of rotatable bonds is 7. The van der Waals surface area contributed by atoms with E-state index in [1.807, 2.05) is 0 Å². The first-order chi connectivity index (χ1) is 16.8. The number of nitrogens with zero attached hydrogens (tertiary/aromatic N) is 3. The van der Waals surface area contributed by atoms with E-state index in [-0.39, 0.29) is 41.3 Å². The number of methoxy groups -OCH3 is 1. The average Bonchev–Trinajstić information content (AvgIpc) is 3.32. The van der Waals surface area contributed by atoms with E-state index in [1.54, 1.807) is 0 Å². The van der Waals surface area contributed by atoms with Gasteiger partial charge in [0.15, 0.2) is 17.5 Å². The van der Waals surface area contributed by atoms with E-state index >= 15 is 0 Å². The second-order valence-electron chi connectivity index (χ2n) is 7.75. The van der Waals surface area contributed by atoms with E-state index in [9.17, 15) is 22.8 Å². The standard InChI is InChI=1S/C22H20F3N5O5/c1-33-21(32)11-2-5-14(6-3-11)34-19-17(25)9-13(10-26-19)27-18(31)20-29-30-22(35-20)28-12-4-7-15(23)16(24)8-12/h4,7-11,14H,2-3,5-6H2,1H3,(H,27,31)(H,28,30)/t11-,14+. The van der Waals surface area contributed by atoms with Crippen molar-refractivity contribution in [3.05, 3.63) is 53.8 Å². The third-order valence-corrected chi connectivity index (χ3v) is 5.34. The molecule has 1 amide bonds. The molecule has 1 fully saturated rings. The molecule has 0 atom stereocenters. The number of amides is 1. The van der Waals surface area contributed by atoms with Crippen LogP contribution in [0.25, 0.3) is 0 Å². The summed E-state index contributed by atoms with van der Waals surface area (Å²) >= 11 is 0. The van der Waals surface area contributed by atoms with Crippen molar-refractivity contribution in [2.45, 2.75) is 31.8 Å². The summed E-state index contributed by atoms with van der Waals surface area (Å²) in [5, 5.41) is 12.1. The minimum atomic E-state index is -1.08. The number of pyridine rings is 1. The summed E-state index contributed by atoms with van der Waals surface area (Å²) in [7, 11) is 1.34. The van der Waals surface area contributed by atoms with Crippen LogP contribution in [0, 0.1) is 23.4 Å². The molecule has 1 aliphatic carbocycles. The molecule has 0 bridgehead atoms. The van der Waals surface area contributed by atoms with Crippen molar-refractivity contribution in [3.8, 4) is 5.88 Å². The van der Waals surface area contributed by atoms with Gasteiger partial charge in [0, 0.05) is 17.8 Å². The van der Waals surface area contributed by atoms with Crippen molar-refractivity contribution < 1.29 is 36.7 Å². The van der Waals surface area contributed by atoms with E-state index < -0.39 is 29.2 Å². The molecule has 2 heterocycles. The second kappa shape index (κ2) is 10.4. The zero-order valence-corrected chi connectivity index (χ0v) is 18.4. The lowest BCUT2D eigenvalue weighted by Crippen LogP contribution is -2.29. The number of esters is 1. The van der Waals surface area contributed by atoms with Crippen LogP contribution in [-0.4, -0.2) is 40.3 Å². The van der Waals surface area contributed by atoms with Gasteiger partial charge in [-0.3, -0.25) is 9.59 Å². The highest BCUT2D eigenvalue weighted by Crippen LogP contribution is 2.29. The molecule has 1 aliphatic rings. The summed E-state index contributed by atoms with van der Waals surface area (Å²) in [6.45, 7) is 0. The lowest BCUT2D eigenvalue weighted by atomic mass is 9.87. The summed E-state index contributed by atoms with van der Waals surface area (Å²) in [5.41, 5.74) is 0.141. The maximum atomic E-state index is 14.5. The van der Waals surface area contributed by atoms with Crippen LogP contribution in [0.4, 0.5) is 30.6 Å². The number of aromatic nitrogens is 3. The SMILES string of the molecule is COC(=O)[C@H]1CC[C@@H](Oc2ncc(NC(=O)c3nnc(Nc4ccc(F)c(F)c4)o3)cc2F)CC1. The fraction of sp³-hybridized carbons (Fsp3) is 0.318. The quantitative estimate of drug-likeness (QED) is 0.472. The number of benzene rings is 1. The first kappa shape index (κ1) is 24.0. The van der Waals surface area contributed by atoms with Crippen molar-refractivity contribution >= 4 is 29.3 Å². The Morgan fingerprint density at radius 2 is 1.74 bits per heavy atom. The molecule has 10 nitrogen and oxygen atoms in total. The van der Waals surface area contributed by atoms with Crippen molar-refractivity contribution in [2.75, 3.05) is 17.7 Å². The van der Waals surface area contributed by atoms with Gasteiger partial charge in [-0.2, -0.15) is 0 Å². The molecule has 1 saturated carbocycles. The molecule has 2 aromatic heterocycles. The highest BCUT2D eigenvalue weighted by Gasteiger charge is 2.28.